The van der Waals surface area contributed by atoms with Gasteiger partial charge in [-0.15, -0.1) is 11.3 Å². The van der Waals surface area contributed by atoms with E-state index < -0.39 is 10.0 Å². The lowest BCUT2D eigenvalue weighted by Gasteiger charge is -2.36. The van der Waals surface area contributed by atoms with E-state index in [0.717, 1.165) is 41.3 Å². The number of amides is 1. The van der Waals surface area contributed by atoms with Gasteiger partial charge >= 0.3 is 0 Å². The molecule has 4 heterocycles. The van der Waals surface area contributed by atoms with Crippen molar-refractivity contribution < 1.29 is 13.2 Å². The zero-order chi connectivity index (χ0) is 21.6. The topological polar surface area (TPSA) is 105 Å². The Kier molecular flexibility index (Phi) is 5.29. The van der Waals surface area contributed by atoms with Crippen LogP contribution < -0.4 is 11.1 Å². The number of hydrogen-bond donors (Lipinski definition) is 2. The Morgan fingerprint density at radius 3 is 2.55 bits per heavy atom. The van der Waals surface area contributed by atoms with Crippen molar-refractivity contribution in [3.05, 3.63) is 59.2 Å². The third kappa shape index (κ3) is 3.87. The summed E-state index contributed by atoms with van der Waals surface area (Å²) < 4.78 is 29.1. The first-order valence-corrected chi connectivity index (χ1v) is 12.7. The summed E-state index contributed by atoms with van der Waals surface area (Å²) in [6.07, 6.45) is 6.68. The number of thiophene rings is 1. The summed E-state index contributed by atoms with van der Waals surface area (Å²) in [7, 11) is -3.54. The molecule has 1 amide bonds. The van der Waals surface area contributed by atoms with Gasteiger partial charge in [0.1, 0.15) is 0 Å². The van der Waals surface area contributed by atoms with Crippen LogP contribution in [0.3, 0.4) is 0 Å². The molecule has 3 N–H and O–H groups in total. The first kappa shape index (κ1) is 20.6. The molecule has 7 nitrogen and oxygen atoms in total. The zero-order valence-corrected chi connectivity index (χ0v) is 18.5. The molecule has 1 aromatic carbocycles. The molecule has 162 valence electrons. The fraction of sp³-hybridized carbons (Fsp3) is 0.364. The molecule has 2 aliphatic heterocycles. The summed E-state index contributed by atoms with van der Waals surface area (Å²) >= 11 is 1.40. The van der Waals surface area contributed by atoms with Crippen molar-refractivity contribution in [3.8, 4) is 0 Å². The fourth-order valence-corrected chi connectivity index (χ4v) is 7.57. The van der Waals surface area contributed by atoms with Gasteiger partial charge in [-0.2, -0.15) is 4.31 Å². The molecule has 2 saturated heterocycles. The average Bonchev–Trinajstić information content (AvgIpc) is 3.32. The van der Waals surface area contributed by atoms with Crippen LogP contribution in [0.4, 0.5) is 0 Å². The molecule has 9 heteroatoms. The number of carbonyl (C=O) groups is 1. The highest BCUT2D eigenvalue weighted by atomic mass is 32.2. The summed E-state index contributed by atoms with van der Waals surface area (Å²) in [6.45, 7) is 0.329. The number of rotatable bonds is 5. The van der Waals surface area contributed by atoms with Crippen LogP contribution >= 0.6 is 11.3 Å². The fourth-order valence-electron chi connectivity index (χ4n) is 4.74. The molecule has 2 bridgehead atoms. The van der Waals surface area contributed by atoms with Crippen molar-refractivity contribution in [1.82, 2.24) is 14.6 Å². The number of nitrogens with two attached hydrogens (primary N) is 1. The van der Waals surface area contributed by atoms with E-state index in [1.54, 1.807) is 41.0 Å². The van der Waals surface area contributed by atoms with Crippen LogP contribution in [-0.4, -0.2) is 41.7 Å². The zero-order valence-electron chi connectivity index (χ0n) is 16.9. The van der Waals surface area contributed by atoms with Crippen LogP contribution in [0.15, 0.2) is 53.7 Å². The molecule has 5 rings (SSSR count). The molecule has 0 saturated carbocycles. The molecule has 0 aliphatic carbocycles. The summed E-state index contributed by atoms with van der Waals surface area (Å²) in [5, 5.41) is 3.90. The van der Waals surface area contributed by atoms with E-state index in [-0.39, 0.29) is 24.0 Å². The lowest BCUT2D eigenvalue weighted by Crippen LogP contribution is -2.49. The SMILES string of the molecule is NC1C[C@H]2CC[C@@H](C1)N2S(=O)(=O)c1ccc(CNC(=O)c2cc3ccncc3s2)cc1. The number of fused-ring (bicyclic) bond motifs is 3. The van der Waals surface area contributed by atoms with E-state index in [1.165, 1.54) is 11.3 Å². The van der Waals surface area contributed by atoms with Crippen molar-refractivity contribution in [1.29, 1.82) is 0 Å². The summed E-state index contributed by atoms with van der Waals surface area (Å²) in [5.41, 5.74) is 6.93. The summed E-state index contributed by atoms with van der Waals surface area (Å²) in [5.74, 6) is -0.154. The number of benzene rings is 1. The minimum atomic E-state index is -3.54. The maximum Gasteiger partial charge on any atom is 0.261 e. The van der Waals surface area contributed by atoms with Gasteiger partial charge in [0.25, 0.3) is 5.91 Å². The normalized spacial score (nSPS) is 23.8. The maximum atomic E-state index is 13.2. The van der Waals surface area contributed by atoms with Crippen molar-refractivity contribution in [2.45, 2.75) is 55.2 Å². The van der Waals surface area contributed by atoms with E-state index in [4.69, 9.17) is 5.73 Å². The molecule has 31 heavy (non-hydrogen) atoms. The molecule has 3 atom stereocenters. The van der Waals surface area contributed by atoms with Gasteiger partial charge in [-0.25, -0.2) is 8.42 Å². The monoisotopic (exact) mass is 456 g/mol. The van der Waals surface area contributed by atoms with Gasteiger partial charge in [-0.3, -0.25) is 9.78 Å². The summed E-state index contributed by atoms with van der Waals surface area (Å²) in [6, 6.07) is 10.6. The van der Waals surface area contributed by atoms with Gasteiger partial charge in [0.05, 0.1) is 14.5 Å². The Bertz CT molecular complexity index is 1180. The van der Waals surface area contributed by atoms with E-state index in [0.29, 0.717) is 16.3 Å². The van der Waals surface area contributed by atoms with Gasteiger partial charge in [-0.1, -0.05) is 12.1 Å². The van der Waals surface area contributed by atoms with E-state index in [1.807, 2.05) is 12.1 Å². The Morgan fingerprint density at radius 1 is 1.16 bits per heavy atom. The highest BCUT2D eigenvalue weighted by Gasteiger charge is 2.46. The second-order valence-electron chi connectivity index (χ2n) is 8.30. The van der Waals surface area contributed by atoms with E-state index in [2.05, 4.69) is 10.3 Å². The van der Waals surface area contributed by atoms with Gasteiger partial charge in [-0.05, 0) is 60.9 Å². The quantitative estimate of drug-likeness (QED) is 0.614. The van der Waals surface area contributed by atoms with Crippen LogP contribution in [-0.2, 0) is 16.6 Å². The van der Waals surface area contributed by atoms with Gasteiger partial charge in [0.2, 0.25) is 10.0 Å². The van der Waals surface area contributed by atoms with Crippen LogP contribution in [0.25, 0.3) is 10.1 Å². The van der Waals surface area contributed by atoms with Crippen LogP contribution in [0.2, 0.25) is 0 Å². The lowest BCUT2D eigenvalue weighted by atomic mass is 10.0. The Labute approximate surface area is 185 Å². The minimum absolute atomic E-state index is 0.00854. The Morgan fingerprint density at radius 2 is 1.87 bits per heavy atom. The Balaban J connectivity index is 1.26. The number of nitrogens with zero attached hydrogens (tertiary/aromatic N) is 2. The number of hydrogen-bond acceptors (Lipinski definition) is 6. The molecular weight excluding hydrogens is 432 g/mol. The number of carbonyl (C=O) groups excluding carboxylic acids is 1. The highest BCUT2D eigenvalue weighted by Crippen LogP contribution is 2.39. The van der Waals surface area contributed by atoms with Gasteiger partial charge in [0.15, 0.2) is 0 Å². The number of aromatic nitrogens is 1. The predicted molar refractivity (Wildman–Crippen MR) is 120 cm³/mol. The van der Waals surface area contributed by atoms with E-state index >= 15 is 0 Å². The Hall–Kier alpha value is -2.33. The first-order chi connectivity index (χ1) is 14.9. The number of sulfonamides is 1. The van der Waals surface area contributed by atoms with Crippen molar-refractivity contribution >= 4 is 37.4 Å². The molecule has 1 unspecified atom stereocenters. The molecule has 0 spiro atoms. The molecule has 3 aromatic rings. The predicted octanol–water partition coefficient (Wildman–Crippen LogP) is 2.87. The van der Waals surface area contributed by atoms with Crippen LogP contribution in [0, 0.1) is 0 Å². The average molecular weight is 457 g/mol. The highest BCUT2D eigenvalue weighted by molar-refractivity contribution is 7.89. The molecule has 2 aliphatic rings. The smallest absolute Gasteiger partial charge is 0.261 e. The summed E-state index contributed by atoms with van der Waals surface area (Å²) in [4.78, 5) is 17.5. The third-order valence-electron chi connectivity index (χ3n) is 6.20. The standard InChI is InChI=1S/C22H24N4O3S2/c23-16-10-17-3-4-18(11-16)26(17)31(28,29)19-5-1-14(2-6-19)12-25-22(27)20-9-15-7-8-24-13-21(15)30-20/h1-2,5-9,13,16-18H,3-4,10-12,23H2,(H,25,27)/t16?,17-,18+. The number of nitrogens with one attached hydrogen (secondary N) is 1. The minimum Gasteiger partial charge on any atom is -0.347 e. The third-order valence-corrected chi connectivity index (χ3v) is 9.30. The van der Waals surface area contributed by atoms with E-state index in [9.17, 15) is 13.2 Å². The maximum absolute atomic E-state index is 13.2. The first-order valence-electron chi connectivity index (χ1n) is 10.4. The molecule has 2 aromatic heterocycles. The second kappa shape index (κ2) is 7.98. The van der Waals surface area contributed by atoms with Crippen molar-refractivity contribution in [3.63, 3.8) is 0 Å². The molecular formula is C22H24N4O3S2. The van der Waals surface area contributed by atoms with Crippen LogP contribution in [0.5, 0.6) is 0 Å². The molecule has 0 radical (unpaired) electrons. The largest absolute Gasteiger partial charge is 0.347 e. The van der Waals surface area contributed by atoms with Crippen molar-refractivity contribution in [2.24, 2.45) is 5.73 Å². The van der Waals surface area contributed by atoms with Gasteiger partial charge in [0, 0.05) is 37.1 Å². The molecule has 2 fully saturated rings. The van der Waals surface area contributed by atoms with Crippen LogP contribution in [0.1, 0.15) is 40.9 Å². The number of pyridine rings is 1. The lowest BCUT2D eigenvalue weighted by molar-refractivity contribution is 0.0955. The van der Waals surface area contributed by atoms with Crippen molar-refractivity contribution in [2.75, 3.05) is 0 Å². The van der Waals surface area contributed by atoms with Gasteiger partial charge < -0.3 is 11.1 Å². The number of piperidine rings is 1. The second-order valence-corrected chi connectivity index (χ2v) is 11.2.